The van der Waals surface area contributed by atoms with E-state index in [4.69, 9.17) is 0 Å². The second kappa shape index (κ2) is 4.94. The van der Waals surface area contributed by atoms with E-state index in [2.05, 4.69) is 37.6 Å². The molecule has 14 heavy (non-hydrogen) atoms. The van der Waals surface area contributed by atoms with E-state index in [1.165, 1.54) is 5.56 Å². The minimum Gasteiger partial charge on any atom is -0.393 e. The van der Waals surface area contributed by atoms with Gasteiger partial charge in [0.2, 0.25) is 0 Å². The Morgan fingerprint density at radius 1 is 1.43 bits per heavy atom. The highest BCUT2D eigenvalue weighted by molar-refractivity contribution is 7.07. The fraction of sp³-hybridized carbons (Fsp3) is 0.667. The first-order valence-electron chi connectivity index (χ1n) is 5.16. The van der Waals surface area contributed by atoms with E-state index >= 15 is 0 Å². The van der Waals surface area contributed by atoms with Crippen LogP contribution in [-0.2, 0) is 6.42 Å². The first-order chi connectivity index (χ1) is 6.47. The van der Waals surface area contributed by atoms with E-state index in [1.807, 2.05) is 0 Å². The van der Waals surface area contributed by atoms with Crippen LogP contribution in [0, 0.1) is 5.41 Å². The third kappa shape index (κ3) is 4.77. The summed E-state index contributed by atoms with van der Waals surface area (Å²) in [7, 11) is 0. The first-order valence-corrected chi connectivity index (χ1v) is 6.11. The summed E-state index contributed by atoms with van der Waals surface area (Å²) in [6.45, 7) is 6.64. The van der Waals surface area contributed by atoms with Gasteiger partial charge >= 0.3 is 0 Å². The van der Waals surface area contributed by atoms with Crippen LogP contribution in [0.5, 0.6) is 0 Å². The van der Waals surface area contributed by atoms with Gasteiger partial charge < -0.3 is 5.11 Å². The average molecular weight is 212 g/mol. The van der Waals surface area contributed by atoms with Crippen molar-refractivity contribution in [1.29, 1.82) is 0 Å². The van der Waals surface area contributed by atoms with Gasteiger partial charge in [-0.1, -0.05) is 20.8 Å². The quantitative estimate of drug-likeness (QED) is 0.810. The Morgan fingerprint density at radius 2 is 2.14 bits per heavy atom. The highest BCUT2D eigenvalue weighted by atomic mass is 32.1. The molecule has 1 unspecified atom stereocenters. The number of aliphatic hydroxyl groups excluding tert-OH is 1. The normalized spacial score (nSPS) is 14.3. The van der Waals surface area contributed by atoms with Gasteiger partial charge in [0.1, 0.15) is 0 Å². The Balaban J connectivity index is 2.26. The predicted octanol–water partition coefficient (Wildman–Crippen LogP) is 3.48. The summed E-state index contributed by atoms with van der Waals surface area (Å²) in [4.78, 5) is 0. The monoisotopic (exact) mass is 212 g/mol. The van der Waals surface area contributed by atoms with E-state index in [0.717, 1.165) is 19.3 Å². The van der Waals surface area contributed by atoms with Crippen LogP contribution in [0.4, 0.5) is 0 Å². The lowest BCUT2D eigenvalue weighted by atomic mass is 9.88. The standard InChI is InChI=1S/C12H20OS/c1-12(2,3)6-4-11(13)8-10-5-7-14-9-10/h5,7,9,11,13H,4,6,8H2,1-3H3. The number of hydrogen-bond donors (Lipinski definition) is 1. The molecular formula is C12H20OS. The molecule has 0 bridgehead atoms. The molecule has 0 saturated heterocycles. The molecule has 0 amide bonds. The lowest BCUT2D eigenvalue weighted by molar-refractivity contribution is 0.146. The van der Waals surface area contributed by atoms with Crippen molar-refractivity contribution >= 4 is 11.3 Å². The molecule has 0 aliphatic heterocycles. The van der Waals surface area contributed by atoms with Crippen LogP contribution in [0.3, 0.4) is 0 Å². The fourth-order valence-corrected chi connectivity index (χ4v) is 2.06. The maximum absolute atomic E-state index is 9.79. The van der Waals surface area contributed by atoms with Gasteiger partial charge in [0.05, 0.1) is 6.10 Å². The molecule has 1 rings (SSSR count). The molecule has 0 aliphatic rings. The average Bonchev–Trinajstić information content (AvgIpc) is 2.52. The zero-order chi connectivity index (χ0) is 10.6. The summed E-state index contributed by atoms with van der Waals surface area (Å²) in [6, 6.07) is 2.09. The number of aliphatic hydroxyl groups is 1. The zero-order valence-electron chi connectivity index (χ0n) is 9.29. The molecule has 1 N–H and O–H groups in total. The Morgan fingerprint density at radius 3 is 2.64 bits per heavy atom. The molecule has 0 radical (unpaired) electrons. The van der Waals surface area contributed by atoms with Crippen molar-refractivity contribution < 1.29 is 5.11 Å². The van der Waals surface area contributed by atoms with Gasteiger partial charge in [-0.25, -0.2) is 0 Å². The summed E-state index contributed by atoms with van der Waals surface area (Å²) < 4.78 is 0. The molecule has 0 aliphatic carbocycles. The Bertz CT molecular complexity index is 246. The van der Waals surface area contributed by atoms with Gasteiger partial charge in [-0.3, -0.25) is 0 Å². The van der Waals surface area contributed by atoms with Crippen LogP contribution in [0.15, 0.2) is 16.8 Å². The predicted molar refractivity (Wildman–Crippen MR) is 62.7 cm³/mol. The lowest BCUT2D eigenvalue weighted by Gasteiger charge is -2.20. The molecule has 1 aromatic heterocycles. The van der Waals surface area contributed by atoms with Gasteiger partial charge in [-0.15, -0.1) is 0 Å². The minimum atomic E-state index is -0.177. The molecular weight excluding hydrogens is 192 g/mol. The molecule has 1 nitrogen and oxygen atoms in total. The lowest BCUT2D eigenvalue weighted by Crippen LogP contribution is -2.14. The smallest absolute Gasteiger partial charge is 0.0581 e. The second-order valence-corrected chi connectivity index (χ2v) is 5.87. The summed E-state index contributed by atoms with van der Waals surface area (Å²) >= 11 is 1.69. The van der Waals surface area contributed by atoms with Gasteiger partial charge in [-0.2, -0.15) is 11.3 Å². The topological polar surface area (TPSA) is 20.2 Å². The molecule has 0 saturated carbocycles. The van der Waals surface area contributed by atoms with E-state index in [1.54, 1.807) is 11.3 Å². The maximum Gasteiger partial charge on any atom is 0.0581 e. The second-order valence-electron chi connectivity index (χ2n) is 5.09. The fourth-order valence-electron chi connectivity index (χ4n) is 1.38. The Labute approximate surface area is 90.8 Å². The highest BCUT2D eigenvalue weighted by Gasteiger charge is 2.13. The van der Waals surface area contributed by atoms with Crippen molar-refractivity contribution in [3.05, 3.63) is 22.4 Å². The summed E-state index contributed by atoms with van der Waals surface area (Å²) in [5, 5.41) is 14.0. The molecule has 1 heterocycles. The van der Waals surface area contributed by atoms with Crippen LogP contribution in [0.25, 0.3) is 0 Å². The third-order valence-corrected chi connectivity index (χ3v) is 3.01. The highest BCUT2D eigenvalue weighted by Crippen LogP contribution is 2.22. The minimum absolute atomic E-state index is 0.177. The Kier molecular flexibility index (Phi) is 4.14. The first kappa shape index (κ1) is 11.7. The van der Waals surface area contributed by atoms with Crippen LogP contribution < -0.4 is 0 Å². The van der Waals surface area contributed by atoms with Gasteiger partial charge in [0, 0.05) is 0 Å². The van der Waals surface area contributed by atoms with Crippen LogP contribution in [-0.4, -0.2) is 11.2 Å². The largest absolute Gasteiger partial charge is 0.393 e. The maximum atomic E-state index is 9.79. The van der Waals surface area contributed by atoms with E-state index < -0.39 is 0 Å². The summed E-state index contributed by atoms with van der Waals surface area (Å²) in [5.41, 5.74) is 1.59. The molecule has 0 spiro atoms. The number of hydrogen-bond acceptors (Lipinski definition) is 2. The van der Waals surface area contributed by atoms with Crippen molar-refractivity contribution in [3.8, 4) is 0 Å². The van der Waals surface area contributed by atoms with Crippen LogP contribution >= 0.6 is 11.3 Å². The van der Waals surface area contributed by atoms with Crippen LogP contribution in [0.2, 0.25) is 0 Å². The van der Waals surface area contributed by atoms with Crippen LogP contribution in [0.1, 0.15) is 39.2 Å². The summed E-state index contributed by atoms with van der Waals surface area (Å²) in [6.07, 6.45) is 2.61. The SMILES string of the molecule is CC(C)(C)CCC(O)Cc1ccsc1. The zero-order valence-corrected chi connectivity index (χ0v) is 10.1. The molecule has 2 heteroatoms. The van der Waals surface area contributed by atoms with Crippen molar-refractivity contribution in [2.45, 2.75) is 46.1 Å². The van der Waals surface area contributed by atoms with Crippen molar-refractivity contribution in [2.24, 2.45) is 5.41 Å². The molecule has 80 valence electrons. The summed E-state index contributed by atoms with van der Waals surface area (Å²) in [5.74, 6) is 0. The van der Waals surface area contributed by atoms with Gasteiger partial charge in [0.25, 0.3) is 0 Å². The van der Waals surface area contributed by atoms with Crippen molar-refractivity contribution in [2.75, 3.05) is 0 Å². The van der Waals surface area contributed by atoms with Gasteiger partial charge in [0.15, 0.2) is 0 Å². The molecule has 1 atom stereocenters. The van der Waals surface area contributed by atoms with E-state index in [-0.39, 0.29) is 6.10 Å². The van der Waals surface area contributed by atoms with Crippen molar-refractivity contribution in [1.82, 2.24) is 0 Å². The van der Waals surface area contributed by atoms with E-state index in [9.17, 15) is 5.11 Å². The van der Waals surface area contributed by atoms with Gasteiger partial charge in [-0.05, 0) is 47.1 Å². The van der Waals surface area contributed by atoms with Crippen molar-refractivity contribution in [3.63, 3.8) is 0 Å². The number of rotatable bonds is 4. The molecule has 1 aromatic rings. The molecule has 0 aromatic carbocycles. The third-order valence-electron chi connectivity index (χ3n) is 2.28. The number of thiophene rings is 1. The molecule has 0 fully saturated rings. The Hall–Kier alpha value is -0.340. The van der Waals surface area contributed by atoms with E-state index in [0.29, 0.717) is 5.41 Å².